The van der Waals surface area contributed by atoms with Gasteiger partial charge in [0.15, 0.2) is 0 Å². The SMILES string of the molecule is Cc1c(F)c(C2CCN(CC3CCCO3)CC2)cc(F)c1C(N)=O. The Hall–Kier alpha value is -1.53. The average Bonchev–Trinajstić information content (AvgIpc) is 3.04. The number of rotatable bonds is 4. The Morgan fingerprint density at radius 2 is 2.04 bits per heavy atom. The first-order valence-electron chi connectivity index (χ1n) is 8.59. The molecule has 2 saturated heterocycles. The first kappa shape index (κ1) is 17.3. The van der Waals surface area contributed by atoms with Crippen LogP contribution in [0, 0.1) is 18.6 Å². The second-order valence-electron chi connectivity index (χ2n) is 6.84. The number of halogens is 2. The van der Waals surface area contributed by atoms with Crippen LogP contribution in [0.1, 0.15) is 53.1 Å². The number of carbonyl (C=O) groups is 1. The van der Waals surface area contributed by atoms with Crippen molar-refractivity contribution in [1.29, 1.82) is 0 Å². The molecule has 4 nitrogen and oxygen atoms in total. The minimum atomic E-state index is -0.929. The van der Waals surface area contributed by atoms with E-state index in [1.165, 1.54) is 6.92 Å². The summed E-state index contributed by atoms with van der Waals surface area (Å²) < 4.78 is 34.4. The van der Waals surface area contributed by atoms with Crippen LogP contribution >= 0.6 is 0 Å². The van der Waals surface area contributed by atoms with Gasteiger partial charge in [-0.3, -0.25) is 4.79 Å². The fourth-order valence-electron chi connectivity index (χ4n) is 3.88. The van der Waals surface area contributed by atoms with E-state index in [2.05, 4.69) is 4.90 Å². The molecule has 1 aromatic carbocycles. The monoisotopic (exact) mass is 338 g/mol. The van der Waals surface area contributed by atoms with Crippen molar-refractivity contribution in [3.8, 4) is 0 Å². The van der Waals surface area contributed by atoms with Crippen LogP contribution in [0.2, 0.25) is 0 Å². The lowest BCUT2D eigenvalue weighted by molar-refractivity contribution is 0.0642. The molecule has 132 valence electrons. The molecule has 2 aliphatic heterocycles. The van der Waals surface area contributed by atoms with E-state index < -0.39 is 17.5 Å². The zero-order valence-corrected chi connectivity index (χ0v) is 14.0. The summed E-state index contributed by atoms with van der Waals surface area (Å²) in [7, 11) is 0. The van der Waals surface area contributed by atoms with Crippen LogP contribution < -0.4 is 5.73 Å². The largest absolute Gasteiger partial charge is 0.377 e. The van der Waals surface area contributed by atoms with Gasteiger partial charge in [0, 0.05) is 18.7 Å². The molecular formula is C18H24F2N2O2. The fourth-order valence-corrected chi connectivity index (χ4v) is 3.88. The highest BCUT2D eigenvalue weighted by Crippen LogP contribution is 2.33. The Morgan fingerprint density at radius 1 is 1.33 bits per heavy atom. The highest BCUT2D eigenvalue weighted by Gasteiger charge is 2.28. The van der Waals surface area contributed by atoms with Gasteiger partial charge in [-0.25, -0.2) is 8.78 Å². The van der Waals surface area contributed by atoms with Gasteiger partial charge in [-0.15, -0.1) is 0 Å². The molecule has 24 heavy (non-hydrogen) atoms. The summed E-state index contributed by atoms with van der Waals surface area (Å²) in [6.45, 7) is 4.87. The number of amides is 1. The summed E-state index contributed by atoms with van der Waals surface area (Å²) in [6.07, 6.45) is 4.09. The quantitative estimate of drug-likeness (QED) is 0.918. The van der Waals surface area contributed by atoms with Crippen LogP contribution in [0.15, 0.2) is 6.07 Å². The van der Waals surface area contributed by atoms with Crippen molar-refractivity contribution in [2.24, 2.45) is 5.73 Å². The van der Waals surface area contributed by atoms with E-state index in [0.29, 0.717) is 11.7 Å². The number of hydrogen-bond donors (Lipinski definition) is 1. The van der Waals surface area contributed by atoms with Crippen molar-refractivity contribution >= 4 is 5.91 Å². The smallest absolute Gasteiger partial charge is 0.252 e. The lowest BCUT2D eigenvalue weighted by Gasteiger charge is -2.33. The number of nitrogens with two attached hydrogens (primary N) is 1. The number of nitrogens with zero attached hydrogens (tertiary/aromatic N) is 1. The predicted octanol–water partition coefficient (Wildman–Crippen LogP) is 2.73. The number of primary amides is 1. The molecule has 2 heterocycles. The molecule has 1 unspecified atom stereocenters. The number of hydrogen-bond acceptors (Lipinski definition) is 3. The van der Waals surface area contributed by atoms with Gasteiger partial charge >= 0.3 is 0 Å². The third-order valence-electron chi connectivity index (χ3n) is 5.24. The van der Waals surface area contributed by atoms with Gasteiger partial charge in [0.05, 0.1) is 11.7 Å². The van der Waals surface area contributed by atoms with Gasteiger partial charge in [-0.05, 0) is 63.2 Å². The standard InChI is InChI=1S/C18H24F2N2O2/c1-11-16(18(21)23)15(19)9-14(17(11)20)12-4-6-22(7-5-12)10-13-3-2-8-24-13/h9,12-13H,2-8,10H2,1H3,(H2,21,23). The summed E-state index contributed by atoms with van der Waals surface area (Å²) in [5.41, 5.74) is 5.18. The molecule has 0 saturated carbocycles. The van der Waals surface area contributed by atoms with Gasteiger partial charge in [0.1, 0.15) is 11.6 Å². The first-order chi connectivity index (χ1) is 11.5. The normalized spacial score (nSPS) is 22.9. The molecule has 1 aromatic rings. The maximum absolute atomic E-state index is 14.6. The Morgan fingerprint density at radius 3 is 2.62 bits per heavy atom. The van der Waals surface area contributed by atoms with Crippen LogP contribution in [0.4, 0.5) is 8.78 Å². The lowest BCUT2D eigenvalue weighted by Crippen LogP contribution is -2.38. The summed E-state index contributed by atoms with van der Waals surface area (Å²) >= 11 is 0. The highest BCUT2D eigenvalue weighted by molar-refractivity contribution is 5.94. The van der Waals surface area contributed by atoms with Crippen LogP contribution in [0.5, 0.6) is 0 Å². The van der Waals surface area contributed by atoms with Crippen molar-refractivity contribution in [3.05, 3.63) is 34.4 Å². The third kappa shape index (κ3) is 3.44. The van der Waals surface area contributed by atoms with E-state index in [0.717, 1.165) is 58.0 Å². The molecule has 0 bridgehead atoms. The summed E-state index contributed by atoms with van der Waals surface area (Å²) in [5, 5.41) is 0. The van der Waals surface area contributed by atoms with Crippen LogP contribution in [-0.2, 0) is 4.74 Å². The fraction of sp³-hybridized carbons (Fsp3) is 0.611. The Balaban J connectivity index is 1.69. The number of ether oxygens (including phenoxy) is 1. The van der Waals surface area contributed by atoms with Crippen molar-refractivity contribution in [2.75, 3.05) is 26.2 Å². The molecule has 0 radical (unpaired) electrons. The molecule has 2 aliphatic rings. The molecule has 6 heteroatoms. The van der Waals surface area contributed by atoms with Gasteiger partial charge in [0.25, 0.3) is 5.91 Å². The van der Waals surface area contributed by atoms with E-state index in [-0.39, 0.29) is 17.0 Å². The van der Waals surface area contributed by atoms with Gasteiger partial charge in [-0.2, -0.15) is 0 Å². The zero-order valence-electron chi connectivity index (χ0n) is 14.0. The van der Waals surface area contributed by atoms with Crippen molar-refractivity contribution in [2.45, 2.75) is 44.6 Å². The molecule has 2 fully saturated rings. The molecule has 0 aliphatic carbocycles. The van der Waals surface area contributed by atoms with E-state index in [4.69, 9.17) is 10.5 Å². The van der Waals surface area contributed by atoms with Crippen molar-refractivity contribution in [1.82, 2.24) is 4.90 Å². The number of benzene rings is 1. The molecule has 3 rings (SSSR count). The highest BCUT2D eigenvalue weighted by atomic mass is 19.1. The molecule has 1 amide bonds. The zero-order chi connectivity index (χ0) is 17.3. The Kier molecular flexibility index (Phi) is 5.15. The minimum absolute atomic E-state index is 0.0132. The molecule has 0 spiro atoms. The Labute approximate surface area is 141 Å². The van der Waals surface area contributed by atoms with Crippen LogP contribution in [0.3, 0.4) is 0 Å². The second kappa shape index (κ2) is 7.15. The maximum atomic E-state index is 14.6. The predicted molar refractivity (Wildman–Crippen MR) is 87.0 cm³/mol. The van der Waals surface area contributed by atoms with Gasteiger partial charge in [-0.1, -0.05) is 0 Å². The number of piperidine rings is 1. The third-order valence-corrected chi connectivity index (χ3v) is 5.24. The summed E-state index contributed by atoms with van der Waals surface area (Å²) in [5.74, 6) is -2.18. The molecule has 0 aromatic heterocycles. The van der Waals surface area contributed by atoms with E-state index in [1.807, 2.05) is 0 Å². The van der Waals surface area contributed by atoms with Crippen molar-refractivity contribution in [3.63, 3.8) is 0 Å². The minimum Gasteiger partial charge on any atom is -0.377 e. The lowest BCUT2D eigenvalue weighted by atomic mass is 9.86. The molecular weight excluding hydrogens is 314 g/mol. The van der Waals surface area contributed by atoms with Gasteiger partial charge < -0.3 is 15.4 Å². The maximum Gasteiger partial charge on any atom is 0.252 e. The van der Waals surface area contributed by atoms with Crippen LogP contribution in [-0.4, -0.2) is 43.2 Å². The molecule has 1 atom stereocenters. The number of carbonyl (C=O) groups excluding carboxylic acids is 1. The molecule has 2 N–H and O–H groups in total. The van der Waals surface area contributed by atoms with Crippen molar-refractivity contribution < 1.29 is 18.3 Å². The Bertz CT molecular complexity index is 622. The summed E-state index contributed by atoms with van der Waals surface area (Å²) in [4.78, 5) is 13.6. The van der Waals surface area contributed by atoms with E-state index in [1.54, 1.807) is 0 Å². The van der Waals surface area contributed by atoms with E-state index >= 15 is 0 Å². The first-order valence-corrected chi connectivity index (χ1v) is 8.59. The van der Waals surface area contributed by atoms with Gasteiger partial charge in [0.2, 0.25) is 0 Å². The second-order valence-corrected chi connectivity index (χ2v) is 6.84. The number of likely N-dealkylation sites (tertiary alicyclic amines) is 1. The van der Waals surface area contributed by atoms with Crippen LogP contribution in [0.25, 0.3) is 0 Å². The average molecular weight is 338 g/mol. The summed E-state index contributed by atoms with van der Waals surface area (Å²) in [6, 6.07) is 1.16. The van der Waals surface area contributed by atoms with E-state index in [9.17, 15) is 13.6 Å². The topological polar surface area (TPSA) is 55.6 Å².